The van der Waals surface area contributed by atoms with Gasteiger partial charge in [-0.25, -0.2) is 0 Å². The Balaban J connectivity index is 2.07. The van der Waals surface area contributed by atoms with Crippen molar-refractivity contribution in [3.63, 3.8) is 0 Å². The highest BCUT2D eigenvalue weighted by Crippen LogP contribution is 2.44. The Labute approximate surface area is 195 Å². The van der Waals surface area contributed by atoms with Crippen LogP contribution in [0.4, 0.5) is 0 Å². The first kappa shape index (κ1) is 24.4. The minimum absolute atomic E-state index is 0.771. The number of rotatable bonds is 14. The molecule has 32 heavy (non-hydrogen) atoms. The molecule has 0 aromatic heterocycles. The van der Waals surface area contributed by atoms with Gasteiger partial charge in [-0.15, -0.1) is 0 Å². The van der Waals surface area contributed by atoms with Crippen LogP contribution in [0, 0.1) is 0 Å². The number of fused-ring (bicyclic) bond motifs is 2. The van der Waals surface area contributed by atoms with Crippen molar-refractivity contribution in [2.75, 3.05) is 13.2 Å². The Morgan fingerprint density at radius 3 is 1.31 bits per heavy atom. The highest BCUT2D eigenvalue weighted by Gasteiger charge is 2.17. The molecule has 0 radical (unpaired) electrons. The summed E-state index contributed by atoms with van der Waals surface area (Å²) in [7, 11) is 0. The summed E-state index contributed by atoms with van der Waals surface area (Å²) in [4.78, 5) is 0. The summed E-state index contributed by atoms with van der Waals surface area (Å²) in [6.45, 7) is 10.5. The van der Waals surface area contributed by atoms with Crippen LogP contribution in [-0.2, 0) is 12.8 Å². The van der Waals surface area contributed by atoms with E-state index in [9.17, 15) is 0 Å². The molecule has 0 atom stereocenters. The summed E-state index contributed by atoms with van der Waals surface area (Å²) < 4.78 is 13.0. The second kappa shape index (κ2) is 12.7. The first-order chi connectivity index (χ1) is 15.7. The first-order valence-electron chi connectivity index (χ1n) is 13.0. The van der Waals surface area contributed by atoms with Gasteiger partial charge < -0.3 is 9.47 Å². The minimum atomic E-state index is 0.771. The van der Waals surface area contributed by atoms with Crippen molar-refractivity contribution in [3.05, 3.63) is 47.5 Å². The topological polar surface area (TPSA) is 18.5 Å². The van der Waals surface area contributed by atoms with Crippen LogP contribution in [0.25, 0.3) is 21.5 Å². The van der Waals surface area contributed by atoms with Crippen molar-refractivity contribution in [1.82, 2.24) is 0 Å². The number of aryl methyl sites for hydroxylation is 2. The van der Waals surface area contributed by atoms with Crippen molar-refractivity contribution in [1.29, 1.82) is 0 Å². The van der Waals surface area contributed by atoms with Crippen LogP contribution in [0.5, 0.6) is 11.5 Å². The molecule has 0 fully saturated rings. The fourth-order valence-electron chi connectivity index (χ4n) is 4.40. The molecule has 3 aromatic carbocycles. The van der Waals surface area contributed by atoms with E-state index >= 15 is 0 Å². The molecule has 0 bridgehead atoms. The van der Waals surface area contributed by atoms with E-state index in [1.165, 1.54) is 71.2 Å². The summed E-state index contributed by atoms with van der Waals surface area (Å²) in [6.07, 6.45) is 11.7. The molecule has 3 rings (SSSR count). The fraction of sp³-hybridized carbons (Fsp3) is 0.533. The van der Waals surface area contributed by atoms with Gasteiger partial charge in [-0.2, -0.15) is 0 Å². The SMILES string of the molecule is CCCCCCOc1c2ccc(CC)cc2c(OCCCCCC)c2ccc(CC)cc12. The third-order valence-electron chi connectivity index (χ3n) is 6.45. The Hall–Kier alpha value is -2.22. The third-order valence-corrected chi connectivity index (χ3v) is 6.45. The maximum Gasteiger partial charge on any atom is 0.135 e. The van der Waals surface area contributed by atoms with Gasteiger partial charge in [0, 0.05) is 21.5 Å². The maximum absolute atomic E-state index is 6.51. The van der Waals surface area contributed by atoms with E-state index in [4.69, 9.17) is 9.47 Å². The molecule has 0 unspecified atom stereocenters. The first-order valence-corrected chi connectivity index (χ1v) is 13.0. The molecule has 0 N–H and O–H groups in total. The molecule has 0 amide bonds. The van der Waals surface area contributed by atoms with E-state index < -0.39 is 0 Å². The fourth-order valence-corrected chi connectivity index (χ4v) is 4.40. The van der Waals surface area contributed by atoms with Crippen molar-refractivity contribution in [2.24, 2.45) is 0 Å². The van der Waals surface area contributed by atoms with Crippen LogP contribution >= 0.6 is 0 Å². The van der Waals surface area contributed by atoms with E-state index in [1.807, 2.05) is 0 Å². The molecule has 0 spiro atoms. The predicted octanol–water partition coefficient (Wildman–Crippen LogP) is 9.04. The third kappa shape index (κ3) is 5.97. The zero-order valence-corrected chi connectivity index (χ0v) is 20.8. The number of hydrogen-bond acceptors (Lipinski definition) is 2. The number of benzene rings is 3. The molecule has 0 heterocycles. The Kier molecular flexibility index (Phi) is 9.71. The van der Waals surface area contributed by atoms with Crippen LogP contribution < -0.4 is 9.47 Å². The van der Waals surface area contributed by atoms with Gasteiger partial charge in [0.15, 0.2) is 0 Å². The summed E-state index contributed by atoms with van der Waals surface area (Å²) in [5.74, 6) is 2.06. The average molecular weight is 435 g/mol. The van der Waals surface area contributed by atoms with E-state index in [-0.39, 0.29) is 0 Å². The van der Waals surface area contributed by atoms with Gasteiger partial charge in [-0.3, -0.25) is 0 Å². The lowest BCUT2D eigenvalue weighted by atomic mass is 9.96. The van der Waals surface area contributed by atoms with Crippen molar-refractivity contribution >= 4 is 21.5 Å². The van der Waals surface area contributed by atoms with E-state index in [1.54, 1.807) is 0 Å². The lowest BCUT2D eigenvalue weighted by Crippen LogP contribution is -2.03. The molecular weight excluding hydrogens is 392 g/mol. The second-order valence-electron chi connectivity index (χ2n) is 8.94. The Bertz CT molecular complexity index is 908. The monoisotopic (exact) mass is 434 g/mol. The van der Waals surface area contributed by atoms with Crippen LogP contribution in [0.3, 0.4) is 0 Å². The molecule has 3 aromatic rings. The smallest absolute Gasteiger partial charge is 0.135 e. The Morgan fingerprint density at radius 2 is 0.938 bits per heavy atom. The largest absolute Gasteiger partial charge is 0.492 e. The van der Waals surface area contributed by atoms with E-state index in [0.717, 1.165) is 50.4 Å². The molecule has 2 heteroatoms. The van der Waals surface area contributed by atoms with Crippen molar-refractivity contribution in [2.45, 2.75) is 91.9 Å². The van der Waals surface area contributed by atoms with Gasteiger partial charge in [0.1, 0.15) is 11.5 Å². The summed E-state index contributed by atoms with van der Waals surface area (Å²) >= 11 is 0. The van der Waals surface area contributed by atoms with Crippen LogP contribution in [0.2, 0.25) is 0 Å². The van der Waals surface area contributed by atoms with Crippen molar-refractivity contribution in [3.8, 4) is 11.5 Å². The van der Waals surface area contributed by atoms with Gasteiger partial charge in [-0.05, 0) is 48.9 Å². The molecular formula is C30H42O2. The van der Waals surface area contributed by atoms with Crippen LogP contribution in [-0.4, -0.2) is 13.2 Å². The highest BCUT2D eigenvalue weighted by atomic mass is 16.5. The summed E-state index contributed by atoms with van der Waals surface area (Å²) in [5, 5.41) is 4.75. The van der Waals surface area contributed by atoms with Gasteiger partial charge in [-0.1, -0.05) is 90.5 Å². The molecule has 0 aliphatic heterocycles. The molecule has 0 aliphatic rings. The van der Waals surface area contributed by atoms with E-state index in [2.05, 4.69) is 64.1 Å². The quantitative estimate of drug-likeness (QED) is 0.186. The van der Waals surface area contributed by atoms with Gasteiger partial charge in [0.2, 0.25) is 0 Å². The second-order valence-corrected chi connectivity index (χ2v) is 8.94. The highest BCUT2D eigenvalue weighted by molar-refractivity contribution is 6.11. The number of hydrogen-bond donors (Lipinski definition) is 0. The van der Waals surface area contributed by atoms with Crippen LogP contribution in [0.15, 0.2) is 36.4 Å². The zero-order chi connectivity index (χ0) is 22.8. The summed E-state index contributed by atoms with van der Waals surface area (Å²) in [6, 6.07) is 13.6. The van der Waals surface area contributed by atoms with Gasteiger partial charge >= 0.3 is 0 Å². The molecule has 2 nitrogen and oxygen atoms in total. The molecule has 174 valence electrons. The maximum atomic E-state index is 6.51. The van der Waals surface area contributed by atoms with Crippen LogP contribution in [0.1, 0.15) is 90.2 Å². The molecule has 0 saturated heterocycles. The van der Waals surface area contributed by atoms with Crippen molar-refractivity contribution < 1.29 is 9.47 Å². The average Bonchev–Trinajstić information content (AvgIpc) is 2.83. The van der Waals surface area contributed by atoms with Gasteiger partial charge in [0.05, 0.1) is 13.2 Å². The number of unbranched alkanes of at least 4 members (excludes halogenated alkanes) is 6. The lowest BCUT2D eigenvalue weighted by molar-refractivity contribution is 0.307. The predicted molar refractivity (Wildman–Crippen MR) is 139 cm³/mol. The minimum Gasteiger partial charge on any atom is -0.492 e. The summed E-state index contributed by atoms with van der Waals surface area (Å²) in [5.41, 5.74) is 2.68. The Morgan fingerprint density at radius 1 is 0.500 bits per heavy atom. The normalized spacial score (nSPS) is 11.4. The van der Waals surface area contributed by atoms with Gasteiger partial charge in [0.25, 0.3) is 0 Å². The number of ether oxygens (including phenoxy) is 2. The standard InChI is InChI=1S/C30H42O2/c1-5-9-11-13-19-31-29-25-17-15-24(8-4)22-28(25)30(32-20-14-12-10-6-2)26-18-16-23(7-3)21-27(26)29/h15-18,21-22H,5-14,19-20H2,1-4H3. The lowest BCUT2D eigenvalue weighted by Gasteiger charge is -2.19. The molecule has 0 saturated carbocycles. The molecule has 0 aliphatic carbocycles. The zero-order valence-electron chi connectivity index (χ0n) is 20.8. The van der Waals surface area contributed by atoms with E-state index in [0.29, 0.717) is 0 Å².